The van der Waals surface area contributed by atoms with Gasteiger partial charge in [0.1, 0.15) is 0 Å². The van der Waals surface area contributed by atoms with Crippen molar-refractivity contribution >= 4 is 45.9 Å². The Bertz CT molecular complexity index is 808. The highest BCUT2D eigenvalue weighted by Crippen LogP contribution is 2.30. The maximum Gasteiger partial charge on any atom is 0.337 e. The molecular formula is C15H15ClN2O2. The van der Waals surface area contributed by atoms with Crippen LogP contribution >= 0.6 is 12.4 Å². The lowest BCUT2D eigenvalue weighted by molar-refractivity contribution is 0.0601. The minimum absolute atomic E-state index is 0. The van der Waals surface area contributed by atoms with E-state index in [1.54, 1.807) is 6.07 Å². The van der Waals surface area contributed by atoms with E-state index in [1.165, 1.54) is 7.11 Å². The fourth-order valence-corrected chi connectivity index (χ4v) is 2.48. The van der Waals surface area contributed by atoms with Crippen LogP contribution in [0.25, 0.3) is 21.8 Å². The van der Waals surface area contributed by atoms with Gasteiger partial charge in [-0.2, -0.15) is 0 Å². The molecule has 0 saturated heterocycles. The van der Waals surface area contributed by atoms with Crippen LogP contribution in [-0.4, -0.2) is 17.6 Å². The van der Waals surface area contributed by atoms with Gasteiger partial charge in [-0.3, -0.25) is 0 Å². The van der Waals surface area contributed by atoms with Crippen molar-refractivity contribution in [2.24, 2.45) is 7.05 Å². The molecule has 0 bridgehead atoms. The Morgan fingerprint density at radius 3 is 2.35 bits per heavy atom. The zero-order valence-electron chi connectivity index (χ0n) is 11.2. The van der Waals surface area contributed by atoms with Crippen molar-refractivity contribution in [1.29, 1.82) is 0 Å². The molecule has 0 saturated carbocycles. The molecule has 0 aliphatic rings. The van der Waals surface area contributed by atoms with E-state index >= 15 is 0 Å². The van der Waals surface area contributed by atoms with Crippen molar-refractivity contribution in [3.63, 3.8) is 0 Å². The molecule has 1 aromatic heterocycles. The number of benzene rings is 2. The fraction of sp³-hybridized carbons (Fsp3) is 0.133. The zero-order chi connectivity index (χ0) is 13.6. The number of nitrogen functional groups attached to an aromatic ring is 1. The van der Waals surface area contributed by atoms with Gasteiger partial charge in [-0.25, -0.2) is 4.79 Å². The summed E-state index contributed by atoms with van der Waals surface area (Å²) in [5.41, 5.74) is 9.26. The quantitative estimate of drug-likeness (QED) is 0.553. The molecule has 0 radical (unpaired) electrons. The Labute approximate surface area is 122 Å². The third-order valence-corrected chi connectivity index (χ3v) is 3.45. The van der Waals surface area contributed by atoms with E-state index in [9.17, 15) is 4.79 Å². The number of halogens is 1. The number of anilines is 1. The lowest BCUT2D eigenvalue weighted by Gasteiger charge is -2.00. The number of carbonyl (C=O) groups excluding carboxylic acids is 1. The SMILES string of the molecule is COC(=O)c1ccc2c(c1)c1cc(N)ccc1n2C.Cl. The Kier molecular flexibility index (Phi) is 3.59. The van der Waals surface area contributed by atoms with Crippen molar-refractivity contribution in [2.45, 2.75) is 0 Å². The van der Waals surface area contributed by atoms with Crippen LogP contribution in [0, 0.1) is 0 Å². The number of hydrogen-bond donors (Lipinski definition) is 1. The van der Waals surface area contributed by atoms with Crippen molar-refractivity contribution in [3.05, 3.63) is 42.0 Å². The minimum atomic E-state index is -0.331. The number of methoxy groups -OCH3 is 1. The van der Waals surface area contributed by atoms with Gasteiger partial charge >= 0.3 is 5.97 Å². The predicted molar refractivity (Wildman–Crippen MR) is 83.4 cm³/mol. The third-order valence-electron chi connectivity index (χ3n) is 3.45. The predicted octanol–water partition coefficient (Wildman–Crippen LogP) is 3.12. The first-order valence-corrected chi connectivity index (χ1v) is 5.98. The summed E-state index contributed by atoms with van der Waals surface area (Å²) in [6.07, 6.45) is 0. The second kappa shape index (κ2) is 5.06. The van der Waals surface area contributed by atoms with E-state index in [-0.39, 0.29) is 18.4 Å². The van der Waals surface area contributed by atoms with Crippen molar-refractivity contribution in [1.82, 2.24) is 4.57 Å². The smallest absolute Gasteiger partial charge is 0.337 e. The van der Waals surface area contributed by atoms with Crippen LogP contribution < -0.4 is 5.73 Å². The molecule has 3 rings (SSSR count). The van der Waals surface area contributed by atoms with E-state index in [4.69, 9.17) is 10.5 Å². The summed E-state index contributed by atoms with van der Waals surface area (Å²) in [4.78, 5) is 11.6. The number of esters is 1. The van der Waals surface area contributed by atoms with Gasteiger partial charge in [-0.05, 0) is 36.4 Å². The maximum absolute atomic E-state index is 11.6. The molecule has 5 heteroatoms. The first-order chi connectivity index (χ1) is 9.11. The van der Waals surface area contributed by atoms with Crippen molar-refractivity contribution in [2.75, 3.05) is 12.8 Å². The number of ether oxygens (including phenoxy) is 1. The lowest BCUT2D eigenvalue weighted by atomic mass is 10.1. The van der Waals surface area contributed by atoms with E-state index in [2.05, 4.69) is 4.57 Å². The summed E-state index contributed by atoms with van der Waals surface area (Å²) in [5.74, 6) is -0.331. The highest BCUT2D eigenvalue weighted by atomic mass is 35.5. The minimum Gasteiger partial charge on any atom is -0.465 e. The van der Waals surface area contributed by atoms with Gasteiger partial charge in [-0.15, -0.1) is 12.4 Å². The Balaban J connectivity index is 0.00000147. The highest BCUT2D eigenvalue weighted by molar-refractivity contribution is 6.10. The standard InChI is InChI=1S/C15H14N2O2.ClH/c1-17-13-5-3-9(15(18)19-2)7-11(13)12-8-10(16)4-6-14(12)17;/h3-8H,16H2,1-2H3;1H. The van der Waals surface area contributed by atoms with Gasteiger partial charge in [-0.1, -0.05) is 0 Å². The molecule has 0 aliphatic heterocycles. The summed E-state index contributed by atoms with van der Waals surface area (Å²) >= 11 is 0. The second-order valence-corrected chi connectivity index (χ2v) is 4.56. The Morgan fingerprint density at radius 2 is 1.70 bits per heavy atom. The molecule has 104 valence electrons. The molecule has 3 aromatic rings. The largest absolute Gasteiger partial charge is 0.465 e. The summed E-state index contributed by atoms with van der Waals surface area (Å²) in [7, 11) is 3.38. The summed E-state index contributed by atoms with van der Waals surface area (Å²) in [6, 6.07) is 11.3. The van der Waals surface area contributed by atoms with Crippen LogP contribution in [0.1, 0.15) is 10.4 Å². The normalized spacial score (nSPS) is 10.5. The van der Waals surface area contributed by atoms with Crippen LogP contribution in [-0.2, 0) is 11.8 Å². The van der Waals surface area contributed by atoms with Gasteiger partial charge < -0.3 is 15.0 Å². The molecule has 0 fully saturated rings. The van der Waals surface area contributed by atoms with Crippen LogP contribution in [0.2, 0.25) is 0 Å². The number of carbonyl (C=O) groups is 1. The number of hydrogen-bond acceptors (Lipinski definition) is 3. The lowest BCUT2D eigenvalue weighted by Crippen LogP contribution is -2.00. The van der Waals surface area contributed by atoms with Gasteiger partial charge in [0.15, 0.2) is 0 Å². The van der Waals surface area contributed by atoms with Crippen LogP contribution in [0.4, 0.5) is 5.69 Å². The van der Waals surface area contributed by atoms with Crippen LogP contribution in [0.15, 0.2) is 36.4 Å². The van der Waals surface area contributed by atoms with E-state index < -0.39 is 0 Å². The number of aromatic nitrogens is 1. The molecule has 0 aliphatic carbocycles. The van der Waals surface area contributed by atoms with Gasteiger partial charge in [0.25, 0.3) is 0 Å². The second-order valence-electron chi connectivity index (χ2n) is 4.56. The number of aryl methyl sites for hydroxylation is 1. The fourth-order valence-electron chi connectivity index (χ4n) is 2.48. The first kappa shape index (κ1) is 14.2. The van der Waals surface area contributed by atoms with Gasteiger partial charge in [0, 0.05) is 34.5 Å². The molecule has 0 unspecified atom stereocenters. The highest BCUT2D eigenvalue weighted by Gasteiger charge is 2.12. The van der Waals surface area contributed by atoms with E-state index in [0.29, 0.717) is 11.3 Å². The number of nitrogens with zero attached hydrogens (tertiary/aromatic N) is 1. The van der Waals surface area contributed by atoms with Crippen molar-refractivity contribution in [3.8, 4) is 0 Å². The monoisotopic (exact) mass is 290 g/mol. The van der Waals surface area contributed by atoms with E-state index in [0.717, 1.165) is 21.8 Å². The molecule has 2 N–H and O–H groups in total. The van der Waals surface area contributed by atoms with Gasteiger partial charge in [0.2, 0.25) is 0 Å². The maximum atomic E-state index is 11.6. The summed E-state index contributed by atoms with van der Waals surface area (Å²) in [6.45, 7) is 0. The van der Waals surface area contributed by atoms with Gasteiger partial charge in [0.05, 0.1) is 12.7 Å². The number of rotatable bonds is 1. The Hall–Kier alpha value is -2.20. The van der Waals surface area contributed by atoms with Crippen LogP contribution in [0.5, 0.6) is 0 Å². The number of nitrogens with two attached hydrogens (primary N) is 1. The molecular weight excluding hydrogens is 276 g/mol. The Morgan fingerprint density at radius 1 is 1.10 bits per heavy atom. The van der Waals surface area contributed by atoms with Crippen molar-refractivity contribution < 1.29 is 9.53 Å². The van der Waals surface area contributed by atoms with Crippen LogP contribution in [0.3, 0.4) is 0 Å². The van der Waals surface area contributed by atoms with E-state index in [1.807, 2.05) is 37.4 Å². The molecule has 20 heavy (non-hydrogen) atoms. The summed E-state index contributed by atoms with van der Waals surface area (Å²) in [5, 5.41) is 2.05. The molecule has 0 atom stereocenters. The zero-order valence-corrected chi connectivity index (χ0v) is 12.0. The third kappa shape index (κ3) is 1.98. The first-order valence-electron chi connectivity index (χ1n) is 5.98. The average Bonchev–Trinajstić information content (AvgIpc) is 2.70. The molecule has 2 aromatic carbocycles. The summed E-state index contributed by atoms with van der Waals surface area (Å²) < 4.78 is 6.85. The average molecular weight is 291 g/mol. The molecule has 4 nitrogen and oxygen atoms in total. The molecule has 1 heterocycles. The molecule has 0 amide bonds. The topological polar surface area (TPSA) is 57.2 Å². The number of fused-ring (bicyclic) bond motifs is 3. The molecule has 0 spiro atoms.